The number of nitrogens with zero attached hydrogens (tertiary/aromatic N) is 5. The zero-order chi connectivity index (χ0) is 27.3. The number of hydrogen-bond donors (Lipinski definition) is 3. The van der Waals surface area contributed by atoms with Crippen LogP contribution in [0.5, 0.6) is 0 Å². The number of carbonyl (C=O) groups excluding carboxylic acids is 2. The van der Waals surface area contributed by atoms with E-state index in [1.54, 1.807) is 25.2 Å². The Morgan fingerprint density at radius 2 is 2.03 bits per heavy atom. The summed E-state index contributed by atoms with van der Waals surface area (Å²) < 4.78 is 14.6. The van der Waals surface area contributed by atoms with Crippen LogP contribution in [0.25, 0.3) is 11.2 Å². The van der Waals surface area contributed by atoms with Gasteiger partial charge in [-0.2, -0.15) is 5.26 Å². The molecule has 0 saturated carbocycles. The summed E-state index contributed by atoms with van der Waals surface area (Å²) in [6, 6.07) is 6.21. The molecule has 4 rings (SSSR count). The molecule has 1 aromatic carbocycles. The van der Waals surface area contributed by atoms with Crippen molar-refractivity contribution in [2.75, 3.05) is 25.5 Å². The van der Waals surface area contributed by atoms with Crippen molar-refractivity contribution >= 4 is 58.3 Å². The van der Waals surface area contributed by atoms with Crippen LogP contribution < -0.4 is 10.6 Å². The largest absolute Gasteiger partial charge is 0.388 e. The molecule has 0 aliphatic carbocycles. The Kier molecular flexibility index (Phi) is 9.07. The highest BCUT2D eigenvalue weighted by Crippen LogP contribution is 2.26. The third-order valence-electron chi connectivity index (χ3n) is 5.65. The number of halogens is 2. The molecular formula is C24H26ClFN8O2S. The standard InChI is InChI=1S/C22H20ClFN8O2S.C2H6/c1-11(22(34)31-8-12(6-25)9-31)29-21(33)15-10-32(35-24)20-19(15)30-17(7-28-20)18(26)14-4-3-13(23)5-16(14)27-2;1-2/h3-5,7,10-12,26-27H,8-9H2,1-2H3,(H,29,33);1-2H3/t11-;/m1./s1. The van der Waals surface area contributed by atoms with Crippen LogP contribution in [0.3, 0.4) is 0 Å². The predicted octanol–water partition coefficient (Wildman–Crippen LogP) is 4.05. The quantitative estimate of drug-likeness (QED) is 0.381. The fourth-order valence-corrected chi connectivity index (χ4v) is 4.25. The molecule has 1 fully saturated rings. The maximum atomic E-state index is 13.5. The number of carbonyl (C=O) groups is 2. The number of aromatic nitrogens is 3. The van der Waals surface area contributed by atoms with E-state index in [1.807, 2.05) is 13.8 Å². The second-order valence-corrected chi connectivity index (χ2v) is 8.91. The highest BCUT2D eigenvalue weighted by Gasteiger charge is 2.34. The van der Waals surface area contributed by atoms with Crippen LogP contribution in [0.4, 0.5) is 9.57 Å². The Hall–Kier alpha value is -3.69. The molecule has 0 radical (unpaired) electrons. The molecule has 37 heavy (non-hydrogen) atoms. The zero-order valence-corrected chi connectivity index (χ0v) is 22.2. The number of nitrogens with one attached hydrogen (secondary N) is 3. The summed E-state index contributed by atoms with van der Waals surface area (Å²) in [5, 5.41) is 23.6. The maximum absolute atomic E-state index is 13.5. The Bertz CT molecular complexity index is 1380. The van der Waals surface area contributed by atoms with Gasteiger partial charge in [-0.05, 0) is 25.1 Å². The molecule has 3 heterocycles. The van der Waals surface area contributed by atoms with Gasteiger partial charge in [0.05, 0.1) is 29.5 Å². The van der Waals surface area contributed by atoms with Crippen LogP contribution in [-0.2, 0) is 4.79 Å². The van der Waals surface area contributed by atoms with E-state index < -0.39 is 11.9 Å². The van der Waals surface area contributed by atoms with Crippen molar-refractivity contribution in [1.82, 2.24) is 24.2 Å². The van der Waals surface area contributed by atoms with Gasteiger partial charge in [-0.25, -0.2) is 13.9 Å². The molecule has 3 aromatic rings. The SMILES string of the molecule is CC.CNc1cc(Cl)ccc1C(=N)c1cnc2c(n1)c(C(=O)N[C@H](C)C(=O)N1CC(C#N)C1)cn2SF. The molecule has 1 aliphatic heterocycles. The molecule has 194 valence electrons. The van der Waals surface area contributed by atoms with Gasteiger partial charge in [-0.15, -0.1) is 3.89 Å². The predicted molar refractivity (Wildman–Crippen MR) is 143 cm³/mol. The smallest absolute Gasteiger partial charge is 0.255 e. The highest BCUT2D eigenvalue weighted by atomic mass is 35.5. The lowest BCUT2D eigenvalue weighted by Crippen LogP contribution is -2.55. The number of nitriles is 1. The third-order valence-corrected chi connectivity index (χ3v) is 6.31. The molecule has 1 saturated heterocycles. The van der Waals surface area contributed by atoms with Gasteiger partial charge in [-0.3, -0.25) is 15.0 Å². The number of anilines is 1. The number of hydrogen-bond acceptors (Lipinski definition) is 8. The summed E-state index contributed by atoms with van der Waals surface area (Å²) >= 11 is 5.90. The van der Waals surface area contributed by atoms with Crippen molar-refractivity contribution in [2.24, 2.45) is 5.92 Å². The molecule has 2 amide bonds. The lowest BCUT2D eigenvalue weighted by molar-refractivity contribution is -0.137. The Balaban J connectivity index is 0.00000186. The number of fused-ring (bicyclic) bond motifs is 1. The van der Waals surface area contributed by atoms with E-state index in [0.717, 1.165) is 3.97 Å². The van der Waals surface area contributed by atoms with Gasteiger partial charge in [0.15, 0.2) is 18.0 Å². The maximum Gasteiger partial charge on any atom is 0.255 e. The van der Waals surface area contributed by atoms with Crippen molar-refractivity contribution in [3.05, 3.63) is 52.4 Å². The minimum Gasteiger partial charge on any atom is -0.388 e. The van der Waals surface area contributed by atoms with E-state index in [-0.39, 0.29) is 52.3 Å². The topological polar surface area (TPSA) is 140 Å². The summed E-state index contributed by atoms with van der Waals surface area (Å²) in [4.78, 5) is 35.7. The van der Waals surface area contributed by atoms with Crippen molar-refractivity contribution < 1.29 is 13.5 Å². The van der Waals surface area contributed by atoms with Gasteiger partial charge in [0.25, 0.3) is 5.91 Å². The van der Waals surface area contributed by atoms with Crippen LogP contribution in [0.1, 0.15) is 42.4 Å². The number of benzene rings is 1. The first-order valence-corrected chi connectivity index (χ1v) is 12.6. The van der Waals surface area contributed by atoms with Gasteiger partial charge < -0.3 is 15.5 Å². The first kappa shape index (κ1) is 27.9. The third kappa shape index (κ3) is 5.68. The van der Waals surface area contributed by atoms with Crippen LogP contribution >= 0.6 is 23.9 Å². The van der Waals surface area contributed by atoms with Crippen molar-refractivity contribution in [1.29, 1.82) is 10.7 Å². The second kappa shape index (κ2) is 12.0. The van der Waals surface area contributed by atoms with Crippen LogP contribution in [0.15, 0.2) is 30.6 Å². The number of likely N-dealkylation sites (tertiary alicyclic amines) is 1. The zero-order valence-electron chi connectivity index (χ0n) is 20.7. The summed E-state index contributed by atoms with van der Waals surface area (Å²) in [5.41, 5.74) is 1.51. The van der Waals surface area contributed by atoms with E-state index in [0.29, 0.717) is 29.4 Å². The van der Waals surface area contributed by atoms with Crippen LogP contribution in [-0.4, -0.2) is 62.5 Å². The minimum atomic E-state index is -0.861. The van der Waals surface area contributed by atoms with Crippen molar-refractivity contribution in [3.63, 3.8) is 0 Å². The summed E-state index contributed by atoms with van der Waals surface area (Å²) in [6.45, 7) is 6.18. The normalized spacial score (nSPS) is 13.6. The van der Waals surface area contributed by atoms with Crippen LogP contribution in [0.2, 0.25) is 5.02 Å². The average Bonchev–Trinajstić information content (AvgIpc) is 3.26. The first-order valence-electron chi connectivity index (χ1n) is 11.5. The molecule has 3 N–H and O–H groups in total. The molecule has 13 heteroatoms. The van der Waals surface area contributed by atoms with Gasteiger partial charge in [0.2, 0.25) is 5.91 Å². The average molecular weight is 545 g/mol. The van der Waals surface area contributed by atoms with Crippen LogP contribution in [0, 0.1) is 22.7 Å². The van der Waals surface area contributed by atoms with Crippen molar-refractivity contribution in [2.45, 2.75) is 26.8 Å². The van der Waals surface area contributed by atoms with E-state index in [4.69, 9.17) is 22.3 Å². The second-order valence-electron chi connectivity index (χ2n) is 7.94. The van der Waals surface area contributed by atoms with Gasteiger partial charge >= 0.3 is 0 Å². The Morgan fingerprint density at radius 1 is 1.32 bits per heavy atom. The molecule has 1 aliphatic rings. The van der Waals surface area contributed by atoms with Crippen molar-refractivity contribution in [3.8, 4) is 6.07 Å². The molecule has 0 spiro atoms. The lowest BCUT2D eigenvalue weighted by Gasteiger charge is -2.37. The highest BCUT2D eigenvalue weighted by molar-refractivity contribution is 7.92. The molecule has 10 nitrogen and oxygen atoms in total. The lowest BCUT2D eigenvalue weighted by atomic mass is 10.0. The minimum absolute atomic E-state index is 0.00964. The summed E-state index contributed by atoms with van der Waals surface area (Å²) in [7, 11) is 1.70. The number of amides is 2. The first-order chi connectivity index (χ1) is 17.8. The fourth-order valence-electron chi connectivity index (χ4n) is 3.73. The van der Waals surface area contributed by atoms with E-state index in [2.05, 4.69) is 26.7 Å². The summed E-state index contributed by atoms with van der Waals surface area (Å²) in [5.74, 6) is -1.15. The monoisotopic (exact) mass is 544 g/mol. The van der Waals surface area contributed by atoms with Gasteiger partial charge in [0, 0.05) is 42.6 Å². The Morgan fingerprint density at radius 3 is 2.65 bits per heavy atom. The molecule has 2 aromatic heterocycles. The molecule has 0 unspecified atom stereocenters. The molecular weight excluding hydrogens is 519 g/mol. The fraction of sp³-hybridized carbons (Fsp3) is 0.333. The number of rotatable bonds is 7. The summed E-state index contributed by atoms with van der Waals surface area (Å²) in [6.07, 6.45) is 2.57. The molecule has 1 atom stereocenters. The van der Waals surface area contributed by atoms with E-state index >= 15 is 0 Å². The Labute approximate surface area is 223 Å². The van der Waals surface area contributed by atoms with Gasteiger partial charge in [-0.1, -0.05) is 25.4 Å². The van der Waals surface area contributed by atoms with Gasteiger partial charge in [0.1, 0.15) is 17.3 Å². The molecule has 0 bridgehead atoms. The van der Waals surface area contributed by atoms with E-state index in [1.165, 1.54) is 24.2 Å². The van der Waals surface area contributed by atoms with E-state index in [9.17, 15) is 13.5 Å².